The molecule has 2 rings (SSSR count). The number of nitrogens with one attached hydrogen (secondary N) is 1. The summed E-state index contributed by atoms with van der Waals surface area (Å²) < 4.78 is 0.236. The van der Waals surface area contributed by atoms with Crippen LogP contribution in [0.4, 0.5) is 0 Å². The third kappa shape index (κ3) is 3.88. The molecule has 0 aromatic carbocycles. The number of amides is 1. The van der Waals surface area contributed by atoms with E-state index in [2.05, 4.69) is 24.1 Å². The van der Waals surface area contributed by atoms with Crippen LogP contribution < -0.4 is 5.32 Å². The average molecular weight is 256 g/mol. The molecular weight excluding hydrogens is 232 g/mol. The zero-order valence-corrected chi connectivity index (χ0v) is 11.8. The van der Waals surface area contributed by atoms with Crippen molar-refractivity contribution < 1.29 is 4.79 Å². The molecule has 1 unspecified atom stereocenters. The lowest BCUT2D eigenvalue weighted by molar-refractivity contribution is -0.131. The standard InChI is InChI=1S/C13H24N2OS/c1-13(2)10-15(8-9-17-13)12(16)6-5-11-4-3-7-14-11/h11,14H,3-10H2,1-2H3. The highest BCUT2D eigenvalue weighted by atomic mass is 32.2. The molecule has 0 bridgehead atoms. The maximum absolute atomic E-state index is 12.1. The molecule has 0 spiro atoms. The maximum atomic E-state index is 12.1. The van der Waals surface area contributed by atoms with E-state index >= 15 is 0 Å². The summed E-state index contributed by atoms with van der Waals surface area (Å²) in [5.41, 5.74) is 0. The number of rotatable bonds is 3. The van der Waals surface area contributed by atoms with Gasteiger partial charge in [-0.2, -0.15) is 11.8 Å². The molecule has 3 nitrogen and oxygen atoms in total. The van der Waals surface area contributed by atoms with E-state index in [9.17, 15) is 4.79 Å². The Kier molecular flexibility index (Phi) is 4.36. The first-order valence-electron chi connectivity index (χ1n) is 6.72. The van der Waals surface area contributed by atoms with E-state index in [4.69, 9.17) is 0 Å². The monoisotopic (exact) mass is 256 g/mol. The molecule has 2 heterocycles. The summed E-state index contributed by atoms with van der Waals surface area (Å²) in [5.74, 6) is 1.44. The lowest BCUT2D eigenvalue weighted by atomic mass is 10.1. The topological polar surface area (TPSA) is 32.3 Å². The Labute approximate surface area is 109 Å². The Hall–Kier alpha value is -0.220. The van der Waals surface area contributed by atoms with Crippen molar-refractivity contribution in [3.8, 4) is 0 Å². The van der Waals surface area contributed by atoms with Crippen LogP contribution in [0.1, 0.15) is 39.5 Å². The largest absolute Gasteiger partial charge is 0.341 e. The summed E-state index contributed by atoms with van der Waals surface area (Å²) in [6, 6.07) is 0.589. The molecule has 2 aliphatic heterocycles. The van der Waals surface area contributed by atoms with Crippen molar-refractivity contribution >= 4 is 17.7 Å². The van der Waals surface area contributed by atoms with E-state index < -0.39 is 0 Å². The van der Waals surface area contributed by atoms with Gasteiger partial charge in [-0.25, -0.2) is 0 Å². The summed E-state index contributed by atoms with van der Waals surface area (Å²) in [7, 11) is 0. The van der Waals surface area contributed by atoms with Gasteiger partial charge in [-0.3, -0.25) is 4.79 Å². The van der Waals surface area contributed by atoms with Gasteiger partial charge < -0.3 is 10.2 Å². The number of hydrogen-bond donors (Lipinski definition) is 1. The highest BCUT2D eigenvalue weighted by Crippen LogP contribution is 2.29. The SMILES string of the molecule is CC1(C)CN(C(=O)CCC2CCCN2)CCS1. The summed E-state index contributed by atoms with van der Waals surface area (Å²) in [4.78, 5) is 14.2. The number of carbonyl (C=O) groups excluding carboxylic acids is 1. The first-order chi connectivity index (χ1) is 8.07. The minimum absolute atomic E-state index is 0.236. The fourth-order valence-electron chi connectivity index (χ4n) is 2.69. The summed E-state index contributed by atoms with van der Waals surface area (Å²) in [6.45, 7) is 7.44. The molecule has 0 aromatic rings. The predicted octanol–water partition coefficient (Wildman–Crippen LogP) is 1.87. The van der Waals surface area contributed by atoms with E-state index in [1.165, 1.54) is 12.8 Å². The van der Waals surface area contributed by atoms with Gasteiger partial charge in [0.15, 0.2) is 0 Å². The van der Waals surface area contributed by atoms with Crippen molar-refractivity contribution in [2.45, 2.75) is 50.3 Å². The molecule has 2 saturated heterocycles. The van der Waals surface area contributed by atoms with Gasteiger partial charge in [-0.15, -0.1) is 0 Å². The second-order valence-corrected chi connectivity index (χ2v) is 7.56. The van der Waals surface area contributed by atoms with E-state index in [0.29, 0.717) is 11.9 Å². The summed E-state index contributed by atoms with van der Waals surface area (Å²) in [5, 5.41) is 3.46. The molecule has 0 saturated carbocycles. The quantitative estimate of drug-likeness (QED) is 0.837. The Morgan fingerprint density at radius 3 is 3.00 bits per heavy atom. The zero-order valence-electron chi connectivity index (χ0n) is 11.0. The van der Waals surface area contributed by atoms with Crippen molar-refractivity contribution in [1.82, 2.24) is 10.2 Å². The van der Waals surface area contributed by atoms with Gasteiger partial charge in [0.1, 0.15) is 0 Å². The van der Waals surface area contributed by atoms with Crippen LogP contribution in [0.25, 0.3) is 0 Å². The third-order valence-corrected chi connectivity index (χ3v) is 4.94. The van der Waals surface area contributed by atoms with Crippen LogP contribution in [0.3, 0.4) is 0 Å². The van der Waals surface area contributed by atoms with Crippen molar-refractivity contribution in [2.75, 3.05) is 25.4 Å². The van der Waals surface area contributed by atoms with E-state index in [0.717, 1.165) is 38.2 Å². The van der Waals surface area contributed by atoms with Gasteiger partial charge in [0.05, 0.1) is 0 Å². The van der Waals surface area contributed by atoms with Gasteiger partial charge >= 0.3 is 0 Å². The minimum Gasteiger partial charge on any atom is -0.341 e. The first kappa shape index (κ1) is 13.2. The highest BCUT2D eigenvalue weighted by Gasteiger charge is 2.29. The van der Waals surface area contributed by atoms with E-state index in [1.807, 2.05) is 11.8 Å². The van der Waals surface area contributed by atoms with Crippen LogP contribution in [0, 0.1) is 0 Å². The third-order valence-electron chi connectivity index (χ3n) is 3.65. The van der Waals surface area contributed by atoms with Crippen LogP contribution in [0.15, 0.2) is 0 Å². The maximum Gasteiger partial charge on any atom is 0.222 e. The normalized spacial score (nSPS) is 28.4. The van der Waals surface area contributed by atoms with Crippen molar-refractivity contribution in [1.29, 1.82) is 0 Å². The Bertz CT molecular complexity index is 275. The molecule has 0 aromatic heterocycles. The highest BCUT2D eigenvalue weighted by molar-refractivity contribution is 8.00. The fraction of sp³-hybridized carbons (Fsp3) is 0.923. The number of thioether (sulfide) groups is 1. The van der Waals surface area contributed by atoms with Gasteiger partial charge in [-0.1, -0.05) is 0 Å². The second-order valence-electron chi connectivity index (χ2n) is 5.76. The summed E-state index contributed by atoms with van der Waals surface area (Å²) in [6.07, 6.45) is 4.25. The molecule has 1 atom stereocenters. The van der Waals surface area contributed by atoms with Crippen LogP contribution in [-0.2, 0) is 4.79 Å². The molecule has 2 fully saturated rings. The molecule has 17 heavy (non-hydrogen) atoms. The van der Waals surface area contributed by atoms with Crippen LogP contribution in [-0.4, -0.2) is 47.0 Å². The number of hydrogen-bond acceptors (Lipinski definition) is 3. The molecule has 1 N–H and O–H groups in total. The lowest BCUT2D eigenvalue weighted by Crippen LogP contribution is -2.46. The van der Waals surface area contributed by atoms with Crippen molar-refractivity contribution in [3.05, 3.63) is 0 Å². The smallest absolute Gasteiger partial charge is 0.222 e. The van der Waals surface area contributed by atoms with Crippen molar-refractivity contribution in [3.63, 3.8) is 0 Å². The number of nitrogens with zero attached hydrogens (tertiary/aromatic N) is 1. The molecule has 2 aliphatic rings. The average Bonchev–Trinajstić information content (AvgIpc) is 2.77. The molecule has 98 valence electrons. The predicted molar refractivity (Wildman–Crippen MR) is 73.4 cm³/mol. The Balaban J connectivity index is 1.75. The molecular formula is C13H24N2OS. The fourth-order valence-corrected chi connectivity index (χ4v) is 3.80. The first-order valence-corrected chi connectivity index (χ1v) is 7.70. The van der Waals surface area contributed by atoms with E-state index in [1.54, 1.807) is 0 Å². The lowest BCUT2D eigenvalue weighted by Gasteiger charge is -2.37. The second kappa shape index (κ2) is 5.61. The Morgan fingerprint density at radius 2 is 2.35 bits per heavy atom. The van der Waals surface area contributed by atoms with Crippen LogP contribution in [0.2, 0.25) is 0 Å². The Morgan fingerprint density at radius 1 is 1.53 bits per heavy atom. The van der Waals surface area contributed by atoms with E-state index in [-0.39, 0.29) is 4.75 Å². The molecule has 0 aliphatic carbocycles. The molecule has 4 heteroatoms. The number of carbonyl (C=O) groups is 1. The van der Waals surface area contributed by atoms with Crippen LogP contribution in [0.5, 0.6) is 0 Å². The summed E-state index contributed by atoms with van der Waals surface area (Å²) >= 11 is 1.98. The van der Waals surface area contributed by atoms with Gasteiger partial charge in [-0.05, 0) is 39.7 Å². The minimum atomic E-state index is 0.236. The van der Waals surface area contributed by atoms with Gasteiger partial charge in [0, 0.05) is 36.1 Å². The van der Waals surface area contributed by atoms with Gasteiger partial charge in [0.25, 0.3) is 0 Å². The van der Waals surface area contributed by atoms with Crippen LogP contribution >= 0.6 is 11.8 Å². The van der Waals surface area contributed by atoms with Gasteiger partial charge in [0.2, 0.25) is 5.91 Å². The molecule has 1 amide bonds. The molecule has 0 radical (unpaired) electrons. The van der Waals surface area contributed by atoms with Crippen molar-refractivity contribution in [2.24, 2.45) is 0 Å². The zero-order chi connectivity index (χ0) is 12.3.